The third kappa shape index (κ3) is 5.72. The highest BCUT2D eigenvalue weighted by Gasteiger charge is 2.14. The molecule has 0 fully saturated rings. The summed E-state index contributed by atoms with van der Waals surface area (Å²) in [6.07, 6.45) is 10.4. The van der Waals surface area contributed by atoms with E-state index in [-0.39, 0.29) is 5.82 Å². The van der Waals surface area contributed by atoms with Crippen molar-refractivity contribution in [2.45, 2.75) is 20.3 Å². The number of rotatable bonds is 9. The third-order valence-electron chi connectivity index (χ3n) is 6.90. The number of aromatic amines is 2. The number of hydrogen-bond acceptors (Lipinski definition) is 5. The number of likely N-dealkylation sites (N-methyl/N-ethyl adjacent to an activating group) is 1. The zero-order valence-electron chi connectivity index (χ0n) is 23.3. The van der Waals surface area contributed by atoms with Crippen LogP contribution in [-0.4, -0.2) is 57.2 Å². The number of nitrogens with zero attached hydrogens (tertiary/aromatic N) is 4. The van der Waals surface area contributed by atoms with Gasteiger partial charge in [0, 0.05) is 48.0 Å². The van der Waals surface area contributed by atoms with Gasteiger partial charge in [0.15, 0.2) is 0 Å². The first-order valence-corrected chi connectivity index (χ1v) is 13.4. The van der Waals surface area contributed by atoms with Crippen LogP contribution in [0.25, 0.3) is 51.3 Å². The Bertz CT molecular complexity index is 1800. The molecule has 5 rings (SSSR count). The molecule has 0 unspecified atom stereocenters. The van der Waals surface area contributed by atoms with Crippen molar-refractivity contribution in [2.75, 3.05) is 32.5 Å². The molecule has 0 aliphatic heterocycles. The Morgan fingerprint density at radius 2 is 2.00 bits per heavy atom. The summed E-state index contributed by atoms with van der Waals surface area (Å²) in [5.74, 6) is -0.293. The van der Waals surface area contributed by atoms with Gasteiger partial charge in [0.2, 0.25) is 0 Å². The van der Waals surface area contributed by atoms with E-state index in [0.717, 1.165) is 80.4 Å². The predicted molar refractivity (Wildman–Crippen MR) is 163 cm³/mol. The molecule has 8 heteroatoms. The number of aromatic nitrogens is 5. The highest BCUT2D eigenvalue weighted by atomic mass is 19.1. The van der Waals surface area contributed by atoms with E-state index in [1.54, 1.807) is 12.3 Å². The van der Waals surface area contributed by atoms with Crippen molar-refractivity contribution >= 4 is 34.4 Å². The summed E-state index contributed by atoms with van der Waals surface area (Å²) in [5.41, 5.74) is 7.63. The number of nitrogens with one attached hydrogen (secondary N) is 3. The first kappa shape index (κ1) is 27.0. The Balaban J connectivity index is 1.57. The summed E-state index contributed by atoms with van der Waals surface area (Å²) in [5, 5.41) is 13.8. The van der Waals surface area contributed by atoms with Gasteiger partial charge in [-0.2, -0.15) is 5.10 Å². The quantitative estimate of drug-likeness (QED) is 0.248. The van der Waals surface area contributed by atoms with E-state index in [1.165, 1.54) is 6.07 Å². The number of H-pyrrole nitrogens is 2. The maximum absolute atomic E-state index is 14.7. The van der Waals surface area contributed by atoms with Gasteiger partial charge in [-0.15, -0.1) is 0 Å². The fourth-order valence-corrected chi connectivity index (χ4v) is 4.73. The highest BCUT2D eigenvalue weighted by Crippen LogP contribution is 2.32. The summed E-state index contributed by atoms with van der Waals surface area (Å²) in [6, 6.07) is 11.1. The lowest BCUT2D eigenvalue weighted by atomic mass is 10.0. The minimum atomic E-state index is -0.293. The van der Waals surface area contributed by atoms with Crippen LogP contribution in [0.15, 0.2) is 61.6 Å². The first-order chi connectivity index (χ1) is 19.4. The number of anilines is 1. The molecule has 0 radical (unpaired) electrons. The van der Waals surface area contributed by atoms with Crippen LogP contribution in [0, 0.1) is 5.82 Å². The Hall–Kier alpha value is -4.56. The molecule has 0 bridgehead atoms. The van der Waals surface area contributed by atoms with Crippen molar-refractivity contribution in [3.05, 3.63) is 89.1 Å². The zero-order valence-corrected chi connectivity index (χ0v) is 23.3. The summed E-state index contributed by atoms with van der Waals surface area (Å²) < 4.78 is 14.7. The van der Waals surface area contributed by atoms with E-state index in [9.17, 15) is 4.39 Å². The molecule has 0 amide bonds. The predicted octanol–water partition coefficient (Wildman–Crippen LogP) is 4.98. The number of halogens is 1. The summed E-state index contributed by atoms with van der Waals surface area (Å²) in [7, 11) is 4.02. The van der Waals surface area contributed by atoms with Gasteiger partial charge in [-0.05, 0) is 97.7 Å². The Morgan fingerprint density at radius 1 is 1.15 bits per heavy atom. The highest BCUT2D eigenvalue weighted by molar-refractivity contribution is 5.97. The number of allylic oxidation sites excluding steroid dienone is 1. The second-order valence-corrected chi connectivity index (χ2v) is 10.1. The minimum absolute atomic E-state index is 0.293. The molecule has 1 aromatic carbocycles. The van der Waals surface area contributed by atoms with Gasteiger partial charge in [-0.25, -0.2) is 9.37 Å². The lowest BCUT2D eigenvalue weighted by molar-refractivity contribution is 0.425. The standard InChI is InChI=1S/C32H34FN7/c1-6-21-13-23(19-34-18-21)20(3)12-28-29(7-2)38-39-31(28)30-17-27-26(8-9-36-32(27)37-30)22-14-24(33)16-25(15-22)35-10-11-40(4)5/h7-9,12-19,35,38H,3,6,10-11H2,1-2,4-5H3,(H,36,37)/b28-12+,29-7+. The van der Waals surface area contributed by atoms with Gasteiger partial charge >= 0.3 is 0 Å². The molecule has 4 heterocycles. The fourth-order valence-electron chi connectivity index (χ4n) is 4.73. The van der Waals surface area contributed by atoms with Crippen LogP contribution in [0.3, 0.4) is 0 Å². The molecule has 0 aliphatic rings. The summed E-state index contributed by atoms with van der Waals surface area (Å²) in [4.78, 5) is 14.4. The monoisotopic (exact) mass is 535 g/mol. The fraction of sp³-hybridized carbons (Fsp3) is 0.219. The van der Waals surface area contributed by atoms with Crippen molar-refractivity contribution in [3.8, 4) is 22.5 Å². The second-order valence-electron chi connectivity index (χ2n) is 10.1. The molecule has 0 atom stereocenters. The van der Waals surface area contributed by atoms with E-state index in [0.29, 0.717) is 5.65 Å². The summed E-state index contributed by atoms with van der Waals surface area (Å²) in [6.45, 7) is 9.95. The molecule has 204 valence electrons. The van der Waals surface area contributed by atoms with Crippen molar-refractivity contribution in [1.82, 2.24) is 30.0 Å². The van der Waals surface area contributed by atoms with Crippen molar-refractivity contribution in [2.24, 2.45) is 0 Å². The molecule has 4 aromatic heterocycles. The average Bonchev–Trinajstić information content (AvgIpc) is 3.56. The SMILES string of the molecule is C=C(/C=c1/c(-c2cc3c(-c4cc(F)cc(NCCN(C)C)c4)ccnc3[nH]2)n[nH]/c1=C/C)c1cncc(CC)c1. The Labute approximate surface area is 233 Å². The smallest absolute Gasteiger partial charge is 0.138 e. The molecule has 7 nitrogen and oxygen atoms in total. The number of benzene rings is 1. The molecular weight excluding hydrogens is 501 g/mol. The van der Waals surface area contributed by atoms with E-state index in [2.05, 4.69) is 54.9 Å². The molecule has 0 saturated heterocycles. The number of aryl methyl sites for hydroxylation is 1. The molecule has 0 spiro atoms. The Morgan fingerprint density at radius 3 is 2.77 bits per heavy atom. The van der Waals surface area contributed by atoms with Crippen molar-refractivity contribution in [1.29, 1.82) is 0 Å². The van der Waals surface area contributed by atoms with Gasteiger partial charge in [0.05, 0.1) is 11.0 Å². The largest absolute Gasteiger partial charge is 0.384 e. The van der Waals surface area contributed by atoms with E-state index < -0.39 is 0 Å². The topological polar surface area (TPSA) is 85.5 Å². The number of fused-ring (bicyclic) bond motifs is 1. The van der Waals surface area contributed by atoms with Crippen LogP contribution in [0.4, 0.5) is 10.1 Å². The summed E-state index contributed by atoms with van der Waals surface area (Å²) >= 11 is 0. The van der Waals surface area contributed by atoms with Crippen LogP contribution in [0.2, 0.25) is 0 Å². The molecule has 0 aliphatic carbocycles. The van der Waals surface area contributed by atoms with Gasteiger partial charge in [0.25, 0.3) is 0 Å². The van der Waals surface area contributed by atoms with Crippen LogP contribution >= 0.6 is 0 Å². The zero-order chi connectivity index (χ0) is 28.2. The van der Waals surface area contributed by atoms with E-state index in [4.69, 9.17) is 0 Å². The van der Waals surface area contributed by atoms with Crippen molar-refractivity contribution < 1.29 is 4.39 Å². The number of pyridine rings is 2. The third-order valence-corrected chi connectivity index (χ3v) is 6.90. The van der Waals surface area contributed by atoms with E-state index in [1.807, 2.05) is 63.8 Å². The first-order valence-electron chi connectivity index (χ1n) is 13.4. The van der Waals surface area contributed by atoms with Crippen LogP contribution < -0.4 is 15.9 Å². The molecule has 0 saturated carbocycles. The van der Waals surface area contributed by atoms with Gasteiger partial charge in [0.1, 0.15) is 17.2 Å². The molecular formula is C32H34FN7. The maximum Gasteiger partial charge on any atom is 0.138 e. The lowest BCUT2D eigenvalue weighted by Gasteiger charge is -2.13. The molecule has 5 aromatic rings. The molecule has 3 N–H and O–H groups in total. The lowest BCUT2D eigenvalue weighted by Crippen LogP contribution is -2.23. The van der Waals surface area contributed by atoms with Crippen LogP contribution in [0.1, 0.15) is 25.0 Å². The van der Waals surface area contributed by atoms with Gasteiger partial charge in [-0.3, -0.25) is 10.1 Å². The van der Waals surface area contributed by atoms with Crippen LogP contribution in [-0.2, 0) is 6.42 Å². The minimum Gasteiger partial charge on any atom is -0.384 e. The van der Waals surface area contributed by atoms with E-state index >= 15 is 0 Å². The van der Waals surface area contributed by atoms with Gasteiger partial charge in [-0.1, -0.05) is 19.6 Å². The maximum atomic E-state index is 14.7. The normalized spacial score (nSPS) is 12.6. The van der Waals surface area contributed by atoms with Gasteiger partial charge < -0.3 is 15.2 Å². The molecule has 40 heavy (non-hydrogen) atoms. The van der Waals surface area contributed by atoms with Crippen molar-refractivity contribution in [3.63, 3.8) is 0 Å². The van der Waals surface area contributed by atoms with Crippen LogP contribution in [0.5, 0.6) is 0 Å². The second kappa shape index (κ2) is 11.7. The Kier molecular flexibility index (Phi) is 7.89. The number of hydrogen-bond donors (Lipinski definition) is 3. The average molecular weight is 536 g/mol.